The van der Waals surface area contributed by atoms with Crippen molar-refractivity contribution in [1.82, 2.24) is 0 Å². The molecule has 7 nitrogen and oxygen atoms in total. The highest BCUT2D eigenvalue weighted by atomic mass is 16.6. The maximum atomic E-state index is 11.0. The number of hydrogen-bond donors (Lipinski definition) is 3. The number of carboxylic acid groups (broad SMARTS) is 1. The Morgan fingerprint density at radius 2 is 2.22 bits per heavy atom. The van der Waals surface area contributed by atoms with Crippen LogP contribution in [0, 0.1) is 16.0 Å². The summed E-state index contributed by atoms with van der Waals surface area (Å²) in [6.45, 7) is 1.90. The molecule has 18 heavy (non-hydrogen) atoms. The molecule has 0 spiro atoms. The highest BCUT2D eigenvalue weighted by Gasteiger charge is 2.21. The number of nitro groups is 1. The van der Waals surface area contributed by atoms with Gasteiger partial charge >= 0.3 is 5.97 Å². The first-order chi connectivity index (χ1) is 8.47. The van der Waals surface area contributed by atoms with E-state index < -0.39 is 10.9 Å². The van der Waals surface area contributed by atoms with Crippen LogP contribution in [0.4, 0.5) is 11.4 Å². The number of rotatable bonds is 6. The molecule has 0 bridgehead atoms. The lowest BCUT2D eigenvalue weighted by Crippen LogP contribution is -2.17. The summed E-state index contributed by atoms with van der Waals surface area (Å²) >= 11 is 0. The molecule has 0 aliphatic carbocycles. The Kier molecular flexibility index (Phi) is 4.61. The number of hydrogen-bond acceptors (Lipinski definition) is 5. The molecule has 0 aromatic heterocycles. The average molecular weight is 254 g/mol. The van der Waals surface area contributed by atoms with Gasteiger partial charge in [0, 0.05) is 19.2 Å². The van der Waals surface area contributed by atoms with E-state index in [9.17, 15) is 14.9 Å². The van der Waals surface area contributed by atoms with E-state index in [0.29, 0.717) is 0 Å². The standard InChI is InChI=1S/C11H14N2O5/c1-7(6-14)5-12-10-8(11(15)16)3-2-4-9(10)13(17)18/h2-4,7,12,14H,5-6H2,1H3,(H,15,16). The number of aromatic carboxylic acids is 1. The van der Waals surface area contributed by atoms with Gasteiger partial charge in [0.15, 0.2) is 0 Å². The van der Waals surface area contributed by atoms with Crippen molar-refractivity contribution in [3.05, 3.63) is 33.9 Å². The molecule has 3 N–H and O–H groups in total. The zero-order valence-electron chi connectivity index (χ0n) is 9.79. The summed E-state index contributed by atoms with van der Waals surface area (Å²) in [6, 6.07) is 3.85. The molecule has 1 atom stereocenters. The number of aliphatic hydroxyl groups is 1. The number of para-hydroxylation sites is 1. The maximum absolute atomic E-state index is 11.0. The molecule has 1 rings (SSSR count). The topological polar surface area (TPSA) is 113 Å². The first-order valence-corrected chi connectivity index (χ1v) is 5.32. The van der Waals surface area contributed by atoms with E-state index in [0.717, 1.165) is 0 Å². The van der Waals surface area contributed by atoms with Gasteiger partial charge in [-0.15, -0.1) is 0 Å². The number of nitro benzene ring substituents is 1. The van der Waals surface area contributed by atoms with E-state index in [4.69, 9.17) is 10.2 Å². The first kappa shape index (κ1) is 13.9. The maximum Gasteiger partial charge on any atom is 0.338 e. The van der Waals surface area contributed by atoms with Gasteiger partial charge in [0.1, 0.15) is 5.69 Å². The van der Waals surface area contributed by atoms with Crippen molar-refractivity contribution in [3.8, 4) is 0 Å². The third-order valence-corrected chi connectivity index (χ3v) is 2.41. The largest absolute Gasteiger partial charge is 0.478 e. The highest BCUT2D eigenvalue weighted by molar-refractivity contribution is 5.96. The van der Waals surface area contributed by atoms with Gasteiger partial charge < -0.3 is 15.5 Å². The molecule has 0 aliphatic rings. The van der Waals surface area contributed by atoms with Crippen molar-refractivity contribution < 1.29 is 19.9 Å². The minimum atomic E-state index is -1.24. The molecule has 0 fully saturated rings. The molecular weight excluding hydrogens is 240 g/mol. The summed E-state index contributed by atoms with van der Waals surface area (Å²) in [5, 5.41) is 31.4. The SMILES string of the molecule is CC(CO)CNc1c(C(=O)O)cccc1[N+](=O)[O-]. The van der Waals surface area contributed by atoms with Crippen LogP contribution < -0.4 is 5.32 Å². The lowest BCUT2D eigenvalue weighted by Gasteiger charge is -2.13. The molecular formula is C11H14N2O5. The van der Waals surface area contributed by atoms with E-state index in [1.807, 2.05) is 0 Å². The Morgan fingerprint density at radius 1 is 1.56 bits per heavy atom. The summed E-state index contributed by atoms with van der Waals surface area (Å²) < 4.78 is 0. The Balaban J connectivity index is 3.11. The van der Waals surface area contributed by atoms with Crippen molar-refractivity contribution in [1.29, 1.82) is 0 Å². The van der Waals surface area contributed by atoms with Gasteiger partial charge in [0.2, 0.25) is 0 Å². The van der Waals surface area contributed by atoms with Crippen molar-refractivity contribution in [2.45, 2.75) is 6.92 Å². The minimum Gasteiger partial charge on any atom is -0.478 e. The van der Waals surface area contributed by atoms with E-state index in [-0.39, 0.29) is 36.0 Å². The Morgan fingerprint density at radius 3 is 2.72 bits per heavy atom. The average Bonchev–Trinajstić information content (AvgIpc) is 2.34. The van der Waals surface area contributed by atoms with Crippen molar-refractivity contribution in [2.24, 2.45) is 5.92 Å². The number of carbonyl (C=O) groups is 1. The second kappa shape index (κ2) is 5.97. The van der Waals surface area contributed by atoms with Gasteiger partial charge in [-0.25, -0.2) is 4.79 Å². The molecule has 0 saturated heterocycles. The summed E-state index contributed by atoms with van der Waals surface area (Å²) in [5.41, 5.74) is -0.482. The minimum absolute atomic E-state index is 0.0321. The summed E-state index contributed by atoms with van der Waals surface area (Å²) in [7, 11) is 0. The van der Waals surface area contributed by atoms with E-state index in [1.54, 1.807) is 6.92 Å². The fourth-order valence-corrected chi connectivity index (χ4v) is 1.40. The van der Waals surface area contributed by atoms with Crippen LogP contribution in [-0.2, 0) is 0 Å². The fraction of sp³-hybridized carbons (Fsp3) is 0.364. The predicted molar refractivity (Wildman–Crippen MR) is 64.8 cm³/mol. The zero-order chi connectivity index (χ0) is 13.7. The third-order valence-electron chi connectivity index (χ3n) is 2.41. The monoisotopic (exact) mass is 254 g/mol. The molecule has 1 aromatic rings. The Labute approximate surface area is 103 Å². The Bertz CT molecular complexity index is 428. The van der Waals surface area contributed by atoms with Gasteiger partial charge in [0.05, 0.1) is 10.5 Å². The molecule has 0 heterocycles. The van der Waals surface area contributed by atoms with Crippen LogP contribution in [0.3, 0.4) is 0 Å². The van der Waals surface area contributed by atoms with Crippen LogP contribution >= 0.6 is 0 Å². The van der Waals surface area contributed by atoms with Gasteiger partial charge in [-0.2, -0.15) is 0 Å². The highest BCUT2D eigenvalue weighted by Crippen LogP contribution is 2.28. The third kappa shape index (κ3) is 3.17. The molecule has 7 heteroatoms. The van der Waals surface area contributed by atoms with Gasteiger partial charge in [0.25, 0.3) is 5.69 Å². The molecule has 0 saturated carbocycles. The van der Waals surface area contributed by atoms with Crippen molar-refractivity contribution >= 4 is 17.3 Å². The molecule has 0 aliphatic heterocycles. The summed E-state index contributed by atoms with van der Waals surface area (Å²) in [6.07, 6.45) is 0. The first-order valence-electron chi connectivity index (χ1n) is 5.32. The van der Waals surface area contributed by atoms with Crippen LogP contribution in [0.25, 0.3) is 0 Å². The van der Waals surface area contributed by atoms with E-state index in [2.05, 4.69) is 5.32 Å². The summed E-state index contributed by atoms with van der Waals surface area (Å²) in [4.78, 5) is 21.2. The number of nitrogens with one attached hydrogen (secondary N) is 1. The quantitative estimate of drug-likeness (QED) is 0.521. The Hall–Kier alpha value is -2.15. The summed E-state index contributed by atoms with van der Waals surface area (Å²) in [5.74, 6) is -1.37. The molecule has 1 unspecified atom stereocenters. The second-order valence-corrected chi connectivity index (χ2v) is 3.93. The lowest BCUT2D eigenvalue weighted by molar-refractivity contribution is -0.384. The van der Waals surface area contributed by atoms with E-state index >= 15 is 0 Å². The normalized spacial score (nSPS) is 11.9. The number of carboxylic acids is 1. The number of aliphatic hydroxyl groups excluding tert-OH is 1. The second-order valence-electron chi connectivity index (χ2n) is 3.93. The predicted octanol–water partition coefficient (Wildman–Crippen LogP) is 1.33. The van der Waals surface area contributed by atoms with Gasteiger partial charge in [-0.1, -0.05) is 13.0 Å². The van der Waals surface area contributed by atoms with Crippen molar-refractivity contribution in [2.75, 3.05) is 18.5 Å². The van der Waals surface area contributed by atoms with Crippen LogP contribution in [0.2, 0.25) is 0 Å². The zero-order valence-corrected chi connectivity index (χ0v) is 9.79. The van der Waals surface area contributed by atoms with Gasteiger partial charge in [-0.05, 0) is 12.0 Å². The van der Waals surface area contributed by atoms with Gasteiger partial charge in [-0.3, -0.25) is 10.1 Å². The molecule has 0 radical (unpaired) electrons. The van der Waals surface area contributed by atoms with E-state index in [1.165, 1.54) is 18.2 Å². The number of nitrogens with zero attached hydrogens (tertiary/aromatic N) is 1. The molecule has 98 valence electrons. The molecule has 0 amide bonds. The van der Waals surface area contributed by atoms with Crippen LogP contribution in [0.15, 0.2) is 18.2 Å². The smallest absolute Gasteiger partial charge is 0.338 e. The molecule has 1 aromatic carbocycles. The van der Waals surface area contributed by atoms with Crippen LogP contribution in [0.1, 0.15) is 17.3 Å². The van der Waals surface area contributed by atoms with Crippen molar-refractivity contribution in [3.63, 3.8) is 0 Å². The van der Waals surface area contributed by atoms with Crippen LogP contribution in [0.5, 0.6) is 0 Å². The number of anilines is 1. The van der Waals surface area contributed by atoms with Crippen LogP contribution in [-0.4, -0.2) is 34.3 Å². The fourth-order valence-electron chi connectivity index (χ4n) is 1.40. The lowest BCUT2D eigenvalue weighted by atomic mass is 10.1. The number of benzene rings is 1.